The van der Waals surface area contributed by atoms with Gasteiger partial charge in [-0.3, -0.25) is 4.79 Å². The van der Waals surface area contributed by atoms with E-state index in [9.17, 15) is 9.18 Å². The van der Waals surface area contributed by atoms with E-state index < -0.39 is 11.7 Å². The second-order valence-electron chi connectivity index (χ2n) is 4.29. The Balaban J connectivity index is 2.23. The number of hydrogen-bond donors (Lipinski definition) is 1. The number of benzene rings is 2. The average molecular weight is 338 g/mol. The Kier molecular flexibility index (Phi) is 4.39. The maximum atomic E-state index is 13.7. The van der Waals surface area contributed by atoms with Crippen molar-refractivity contribution in [1.82, 2.24) is 0 Å². The number of halogens is 2. The first kappa shape index (κ1) is 14.5. The van der Waals surface area contributed by atoms with E-state index >= 15 is 0 Å². The zero-order chi connectivity index (χ0) is 14.7. The molecule has 0 fully saturated rings. The second-order valence-corrected chi connectivity index (χ2v) is 5.14. The van der Waals surface area contributed by atoms with Crippen LogP contribution in [0.3, 0.4) is 0 Å². The first-order valence-electron chi connectivity index (χ1n) is 5.92. The van der Waals surface area contributed by atoms with E-state index in [1.165, 1.54) is 19.2 Å². The van der Waals surface area contributed by atoms with Crippen molar-refractivity contribution in [3.8, 4) is 5.75 Å². The van der Waals surface area contributed by atoms with Crippen molar-refractivity contribution in [2.75, 3.05) is 12.4 Å². The van der Waals surface area contributed by atoms with E-state index in [0.717, 1.165) is 10.0 Å². The van der Waals surface area contributed by atoms with Crippen molar-refractivity contribution in [2.24, 2.45) is 0 Å². The Morgan fingerprint density at radius 2 is 2.00 bits per heavy atom. The molecule has 1 N–H and O–H groups in total. The SMILES string of the molecule is COc1cc(NC(=O)c2ccc(C)cc2F)ccc1Br. The second kappa shape index (κ2) is 6.05. The zero-order valence-electron chi connectivity index (χ0n) is 11.0. The number of amides is 1. The maximum Gasteiger partial charge on any atom is 0.258 e. The van der Waals surface area contributed by atoms with Gasteiger partial charge in [0.25, 0.3) is 5.91 Å². The first-order chi connectivity index (χ1) is 9.51. The standard InChI is InChI=1S/C15H13BrFNO2/c1-9-3-5-11(13(17)7-9)15(19)18-10-4-6-12(16)14(8-10)20-2/h3-8H,1-2H3,(H,18,19). The lowest BCUT2D eigenvalue weighted by Crippen LogP contribution is -2.13. The number of anilines is 1. The van der Waals surface area contributed by atoms with Crippen molar-refractivity contribution in [1.29, 1.82) is 0 Å². The zero-order valence-corrected chi connectivity index (χ0v) is 12.6. The highest BCUT2D eigenvalue weighted by Gasteiger charge is 2.12. The summed E-state index contributed by atoms with van der Waals surface area (Å²) in [6, 6.07) is 9.61. The maximum absolute atomic E-state index is 13.7. The molecule has 2 aromatic rings. The molecule has 0 aliphatic carbocycles. The van der Waals surface area contributed by atoms with Crippen molar-refractivity contribution in [3.05, 3.63) is 57.8 Å². The van der Waals surface area contributed by atoms with Crippen molar-refractivity contribution in [2.45, 2.75) is 6.92 Å². The largest absolute Gasteiger partial charge is 0.495 e. The summed E-state index contributed by atoms with van der Waals surface area (Å²) in [6.07, 6.45) is 0. The molecule has 0 atom stereocenters. The van der Waals surface area contributed by atoms with Gasteiger partial charge in [0.15, 0.2) is 0 Å². The lowest BCUT2D eigenvalue weighted by Gasteiger charge is -2.09. The van der Waals surface area contributed by atoms with Gasteiger partial charge in [-0.15, -0.1) is 0 Å². The van der Waals surface area contributed by atoms with Crippen LogP contribution in [0.4, 0.5) is 10.1 Å². The fraction of sp³-hybridized carbons (Fsp3) is 0.133. The van der Waals surface area contributed by atoms with Crippen LogP contribution in [0, 0.1) is 12.7 Å². The fourth-order valence-corrected chi connectivity index (χ4v) is 2.15. The molecule has 0 radical (unpaired) electrons. The van der Waals surface area contributed by atoms with Crippen LogP contribution in [0.1, 0.15) is 15.9 Å². The van der Waals surface area contributed by atoms with E-state index in [2.05, 4.69) is 21.2 Å². The van der Waals surface area contributed by atoms with E-state index in [1.54, 1.807) is 31.2 Å². The molecule has 0 heterocycles. The molecule has 3 nitrogen and oxygen atoms in total. The number of carbonyl (C=O) groups excluding carboxylic acids is 1. The van der Waals surface area contributed by atoms with Gasteiger partial charge in [-0.05, 0) is 52.7 Å². The van der Waals surface area contributed by atoms with Gasteiger partial charge in [-0.2, -0.15) is 0 Å². The molecular formula is C15H13BrFNO2. The van der Waals surface area contributed by atoms with Crippen molar-refractivity contribution < 1.29 is 13.9 Å². The van der Waals surface area contributed by atoms with E-state index in [4.69, 9.17) is 4.74 Å². The smallest absolute Gasteiger partial charge is 0.258 e. The molecule has 104 valence electrons. The topological polar surface area (TPSA) is 38.3 Å². The molecule has 0 spiro atoms. The van der Waals surface area contributed by atoms with Crippen molar-refractivity contribution >= 4 is 27.5 Å². The molecular weight excluding hydrogens is 325 g/mol. The Hall–Kier alpha value is -1.88. The monoisotopic (exact) mass is 337 g/mol. The Morgan fingerprint density at radius 1 is 1.25 bits per heavy atom. The van der Waals surface area contributed by atoms with Crippen LogP contribution >= 0.6 is 15.9 Å². The van der Waals surface area contributed by atoms with E-state index in [-0.39, 0.29) is 5.56 Å². The van der Waals surface area contributed by atoms with Crippen LogP contribution in [0.15, 0.2) is 40.9 Å². The number of aryl methyl sites for hydroxylation is 1. The van der Waals surface area contributed by atoms with Gasteiger partial charge in [-0.25, -0.2) is 4.39 Å². The quantitative estimate of drug-likeness (QED) is 0.913. The normalized spacial score (nSPS) is 10.2. The molecule has 0 aliphatic rings. The summed E-state index contributed by atoms with van der Waals surface area (Å²) < 4.78 is 19.6. The molecule has 1 amide bonds. The van der Waals surface area contributed by atoms with Crippen LogP contribution in [0.2, 0.25) is 0 Å². The minimum absolute atomic E-state index is 0.0116. The van der Waals surface area contributed by atoms with Crippen molar-refractivity contribution in [3.63, 3.8) is 0 Å². The minimum Gasteiger partial charge on any atom is -0.495 e. The van der Waals surface area contributed by atoms with Gasteiger partial charge in [0, 0.05) is 11.8 Å². The van der Waals surface area contributed by atoms with Crippen LogP contribution < -0.4 is 10.1 Å². The third-order valence-corrected chi connectivity index (χ3v) is 3.43. The van der Waals surface area contributed by atoms with E-state index in [0.29, 0.717) is 11.4 Å². The third kappa shape index (κ3) is 3.17. The van der Waals surface area contributed by atoms with E-state index in [1.807, 2.05) is 0 Å². The summed E-state index contributed by atoms with van der Waals surface area (Å²) in [6.45, 7) is 1.77. The summed E-state index contributed by atoms with van der Waals surface area (Å²) in [5.74, 6) is -0.439. The molecule has 0 aliphatic heterocycles. The summed E-state index contributed by atoms with van der Waals surface area (Å²) in [4.78, 5) is 12.0. The summed E-state index contributed by atoms with van der Waals surface area (Å²) in [5.41, 5.74) is 1.32. The molecule has 0 aromatic heterocycles. The van der Waals surface area contributed by atoms with Gasteiger partial charge in [0.2, 0.25) is 0 Å². The van der Waals surface area contributed by atoms with Crippen LogP contribution in [0.5, 0.6) is 5.75 Å². The van der Waals surface area contributed by atoms with Crippen LogP contribution in [-0.2, 0) is 0 Å². The fourth-order valence-electron chi connectivity index (χ4n) is 1.74. The van der Waals surface area contributed by atoms with Gasteiger partial charge < -0.3 is 10.1 Å². The summed E-state index contributed by atoms with van der Waals surface area (Å²) in [5, 5.41) is 2.64. The number of rotatable bonds is 3. The number of hydrogen-bond acceptors (Lipinski definition) is 2. The lowest BCUT2D eigenvalue weighted by molar-refractivity contribution is 0.102. The molecule has 0 saturated heterocycles. The number of ether oxygens (including phenoxy) is 1. The highest BCUT2D eigenvalue weighted by atomic mass is 79.9. The molecule has 2 aromatic carbocycles. The van der Waals surface area contributed by atoms with Crippen LogP contribution in [-0.4, -0.2) is 13.0 Å². The first-order valence-corrected chi connectivity index (χ1v) is 6.71. The number of carbonyl (C=O) groups is 1. The molecule has 0 unspecified atom stereocenters. The molecule has 20 heavy (non-hydrogen) atoms. The number of methoxy groups -OCH3 is 1. The molecule has 0 saturated carbocycles. The highest BCUT2D eigenvalue weighted by Crippen LogP contribution is 2.28. The van der Waals surface area contributed by atoms with Gasteiger partial charge in [-0.1, -0.05) is 6.07 Å². The summed E-state index contributed by atoms with van der Waals surface area (Å²) in [7, 11) is 1.53. The molecule has 5 heteroatoms. The molecule has 2 rings (SSSR count). The predicted octanol–water partition coefficient (Wildman–Crippen LogP) is 4.16. The minimum atomic E-state index is -0.536. The number of nitrogens with one attached hydrogen (secondary N) is 1. The average Bonchev–Trinajstić information content (AvgIpc) is 2.40. The molecule has 0 bridgehead atoms. The van der Waals surface area contributed by atoms with Gasteiger partial charge >= 0.3 is 0 Å². The van der Waals surface area contributed by atoms with Gasteiger partial charge in [0.1, 0.15) is 11.6 Å². The third-order valence-electron chi connectivity index (χ3n) is 2.78. The lowest BCUT2D eigenvalue weighted by atomic mass is 10.1. The Bertz CT molecular complexity index is 658. The Labute approximate surface area is 124 Å². The predicted molar refractivity (Wildman–Crippen MR) is 79.8 cm³/mol. The van der Waals surface area contributed by atoms with Gasteiger partial charge in [0.05, 0.1) is 17.1 Å². The summed E-state index contributed by atoms with van der Waals surface area (Å²) >= 11 is 3.32. The Morgan fingerprint density at radius 3 is 2.65 bits per heavy atom. The highest BCUT2D eigenvalue weighted by molar-refractivity contribution is 9.10. The van der Waals surface area contributed by atoms with Crippen LogP contribution in [0.25, 0.3) is 0 Å².